The van der Waals surface area contributed by atoms with E-state index in [2.05, 4.69) is 30.7 Å². The van der Waals surface area contributed by atoms with Crippen molar-refractivity contribution in [2.24, 2.45) is 0 Å². The van der Waals surface area contributed by atoms with Gasteiger partial charge in [0.15, 0.2) is 0 Å². The summed E-state index contributed by atoms with van der Waals surface area (Å²) >= 11 is 0. The van der Waals surface area contributed by atoms with Crippen molar-refractivity contribution in [2.75, 3.05) is 40.3 Å². The van der Waals surface area contributed by atoms with Crippen LogP contribution in [0, 0.1) is 20.8 Å². The zero-order valence-electron chi connectivity index (χ0n) is 15.3. The average Bonchev–Trinajstić information content (AvgIpc) is 2.92. The summed E-state index contributed by atoms with van der Waals surface area (Å²) in [5, 5.41) is 0. The van der Waals surface area contributed by atoms with Gasteiger partial charge in [-0.15, -0.1) is 0 Å². The van der Waals surface area contributed by atoms with E-state index >= 15 is 0 Å². The van der Waals surface area contributed by atoms with Crippen LogP contribution in [0.15, 0.2) is 16.5 Å². The van der Waals surface area contributed by atoms with E-state index in [1.165, 1.54) is 0 Å². The molecule has 0 saturated carbocycles. The molecule has 0 N–H and O–H groups in total. The first-order valence-electron chi connectivity index (χ1n) is 8.51. The molecule has 0 spiro atoms. The first-order chi connectivity index (χ1) is 11.5. The maximum absolute atomic E-state index is 5.98. The third-order valence-corrected chi connectivity index (χ3v) is 5.05. The molecule has 0 radical (unpaired) electrons. The lowest BCUT2D eigenvalue weighted by Crippen LogP contribution is -2.44. The minimum absolute atomic E-state index is 0.708. The lowest BCUT2D eigenvalue weighted by atomic mass is 10.0. The van der Waals surface area contributed by atoms with Gasteiger partial charge in [-0.3, -0.25) is 4.90 Å². The first kappa shape index (κ1) is 17.0. The second kappa shape index (κ2) is 6.95. The molecule has 5 nitrogen and oxygen atoms in total. The van der Waals surface area contributed by atoms with Crippen LogP contribution in [-0.4, -0.2) is 55.1 Å². The van der Waals surface area contributed by atoms with E-state index in [0.717, 1.165) is 66.6 Å². The Balaban J connectivity index is 1.83. The van der Waals surface area contributed by atoms with Crippen molar-refractivity contribution >= 4 is 0 Å². The van der Waals surface area contributed by atoms with Gasteiger partial charge in [0.05, 0.1) is 12.8 Å². The van der Waals surface area contributed by atoms with E-state index in [1.807, 2.05) is 19.1 Å². The molecular weight excluding hydrogens is 302 g/mol. The Bertz CT molecular complexity index is 716. The number of aryl methyl sites for hydroxylation is 1. The molecule has 2 aromatic rings. The normalized spacial score (nSPS) is 16.5. The highest BCUT2D eigenvalue weighted by atomic mass is 16.5. The molecule has 0 aliphatic carbocycles. The first-order valence-corrected chi connectivity index (χ1v) is 8.51. The van der Waals surface area contributed by atoms with E-state index in [-0.39, 0.29) is 0 Å². The van der Waals surface area contributed by atoms with Gasteiger partial charge in [-0.1, -0.05) is 0 Å². The van der Waals surface area contributed by atoms with Gasteiger partial charge in [0.25, 0.3) is 0 Å². The van der Waals surface area contributed by atoms with Gasteiger partial charge in [0.2, 0.25) is 5.89 Å². The summed E-state index contributed by atoms with van der Waals surface area (Å²) in [5.41, 5.74) is 4.37. The Morgan fingerprint density at radius 2 is 1.79 bits per heavy atom. The highest BCUT2D eigenvalue weighted by Crippen LogP contribution is 2.31. The minimum Gasteiger partial charge on any atom is -0.496 e. The van der Waals surface area contributed by atoms with Crippen molar-refractivity contribution in [3.8, 4) is 17.2 Å². The standard InChI is InChI=1S/C19H27N3O2/c1-13-14(2)18(23-5)7-6-16(13)19-20-17(15(3)24-19)12-22-10-8-21(4)9-11-22/h6-7H,8-12H2,1-5H3. The molecule has 3 rings (SSSR count). The lowest BCUT2D eigenvalue weighted by molar-refractivity contribution is 0.146. The third-order valence-electron chi connectivity index (χ3n) is 5.05. The summed E-state index contributed by atoms with van der Waals surface area (Å²) < 4.78 is 11.4. The number of ether oxygens (including phenoxy) is 1. The van der Waals surface area contributed by atoms with E-state index in [0.29, 0.717) is 5.89 Å². The van der Waals surface area contributed by atoms with Crippen molar-refractivity contribution in [2.45, 2.75) is 27.3 Å². The van der Waals surface area contributed by atoms with Crippen LogP contribution in [0.4, 0.5) is 0 Å². The molecular formula is C19H27N3O2. The molecule has 1 aliphatic heterocycles. The molecule has 0 atom stereocenters. The fourth-order valence-corrected chi connectivity index (χ4v) is 3.16. The Hall–Kier alpha value is -1.85. The van der Waals surface area contributed by atoms with E-state index in [1.54, 1.807) is 7.11 Å². The maximum Gasteiger partial charge on any atom is 0.226 e. The van der Waals surface area contributed by atoms with Crippen molar-refractivity contribution in [3.63, 3.8) is 0 Å². The molecule has 2 heterocycles. The quantitative estimate of drug-likeness (QED) is 0.862. The third kappa shape index (κ3) is 3.32. The Morgan fingerprint density at radius 1 is 1.08 bits per heavy atom. The molecule has 24 heavy (non-hydrogen) atoms. The predicted octanol–water partition coefficient (Wildman–Crippen LogP) is 3.02. The van der Waals surface area contributed by atoms with Crippen molar-refractivity contribution in [1.29, 1.82) is 0 Å². The molecule has 0 amide bonds. The van der Waals surface area contributed by atoms with Crippen LogP contribution >= 0.6 is 0 Å². The van der Waals surface area contributed by atoms with Gasteiger partial charge in [-0.05, 0) is 51.1 Å². The van der Waals surface area contributed by atoms with E-state index < -0.39 is 0 Å². The minimum atomic E-state index is 0.708. The zero-order valence-corrected chi connectivity index (χ0v) is 15.3. The lowest BCUT2D eigenvalue weighted by Gasteiger charge is -2.31. The molecule has 1 aromatic carbocycles. The van der Waals surface area contributed by atoms with Crippen LogP contribution in [0.3, 0.4) is 0 Å². The summed E-state index contributed by atoms with van der Waals surface area (Å²) in [6.07, 6.45) is 0. The SMILES string of the molecule is COc1ccc(-c2nc(CN3CCN(C)CC3)c(C)o2)c(C)c1C. The smallest absolute Gasteiger partial charge is 0.226 e. The molecule has 1 saturated heterocycles. The van der Waals surface area contributed by atoms with Crippen LogP contribution in [0.5, 0.6) is 5.75 Å². The summed E-state index contributed by atoms with van der Waals surface area (Å²) in [6.45, 7) is 11.4. The van der Waals surface area contributed by atoms with Gasteiger partial charge < -0.3 is 14.1 Å². The highest BCUT2D eigenvalue weighted by Gasteiger charge is 2.19. The number of piperazine rings is 1. The Kier molecular flexibility index (Phi) is 4.92. The monoisotopic (exact) mass is 329 g/mol. The molecule has 1 fully saturated rings. The number of oxazole rings is 1. The number of hydrogen-bond acceptors (Lipinski definition) is 5. The van der Waals surface area contributed by atoms with Crippen LogP contribution < -0.4 is 4.74 Å². The largest absolute Gasteiger partial charge is 0.496 e. The van der Waals surface area contributed by atoms with Gasteiger partial charge >= 0.3 is 0 Å². The van der Waals surface area contributed by atoms with Crippen LogP contribution in [0.2, 0.25) is 0 Å². The number of aromatic nitrogens is 1. The van der Waals surface area contributed by atoms with Gasteiger partial charge in [-0.25, -0.2) is 4.98 Å². The van der Waals surface area contributed by atoms with Crippen molar-refractivity contribution in [3.05, 3.63) is 34.7 Å². The topological polar surface area (TPSA) is 41.7 Å². The summed E-state index contributed by atoms with van der Waals surface area (Å²) in [5.74, 6) is 2.52. The van der Waals surface area contributed by atoms with E-state index in [4.69, 9.17) is 14.1 Å². The number of benzene rings is 1. The number of methoxy groups -OCH3 is 1. The molecule has 1 aromatic heterocycles. The number of nitrogens with zero attached hydrogens (tertiary/aromatic N) is 3. The van der Waals surface area contributed by atoms with Crippen LogP contribution in [0.1, 0.15) is 22.6 Å². The Morgan fingerprint density at radius 3 is 2.46 bits per heavy atom. The predicted molar refractivity (Wildman–Crippen MR) is 95.5 cm³/mol. The second-order valence-corrected chi connectivity index (χ2v) is 6.67. The molecule has 0 unspecified atom stereocenters. The summed E-state index contributed by atoms with van der Waals surface area (Å²) in [7, 11) is 3.87. The molecule has 1 aliphatic rings. The summed E-state index contributed by atoms with van der Waals surface area (Å²) in [6, 6.07) is 4.02. The number of hydrogen-bond donors (Lipinski definition) is 0. The fraction of sp³-hybridized carbons (Fsp3) is 0.526. The molecule has 5 heteroatoms. The Labute approximate surface area is 144 Å². The van der Waals surface area contributed by atoms with E-state index in [9.17, 15) is 0 Å². The fourth-order valence-electron chi connectivity index (χ4n) is 3.16. The van der Waals surface area contributed by atoms with Gasteiger partial charge in [-0.2, -0.15) is 0 Å². The second-order valence-electron chi connectivity index (χ2n) is 6.67. The van der Waals surface area contributed by atoms with Crippen LogP contribution in [-0.2, 0) is 6.54 Å². The highest BCUT2D eigenvalue weighted by molar-refractivity contribution is 5.63. The van der Waals surface area contributed by atoms with Crippen molar-refractivity contribution in [1.82, 2.24) is 14.8 Å². The average molecular weight is 329 g/mol. The maximum atomic E-state index is 5.98. The molecule has 0 bridgehead atoms. The number of likely N-dealkylation sites (N-methyl/N-ethyl adjacent to an activating group) is 1. The van der Waals surface area contributed by atoms with Crippen molar-refractivity contribution < 1.29 is 9.15 Å². The molecule has 130 valence electrons. The zero-order chi connectivity index (χ0) is 17.3. The number of rotatable bonds is 4. The summed E-state index contributed by atoms with van der Waals surface area (Å²) in [4.78, 5) is 9.60. The van der Waals surface area contributed by atoms with Gasteiger partial charge in [0, 0.05) is 38.3 Å². The van der Waals surface area contributed by atoms with Gasteiger partial charge in [0.1, 0.15) is 11.5 Å². The van der Waals surface area contributed by atoms with Crippen LogP contribution in [0.25, 0.3) is 11.5 Å².